The molecule has 1 aliphatic rings. The van der Waals surface area contributed by atoms with E-state index in [1.165, 1.54) is 0 Å². The summed E-state index contributed by atoms with van der Waals surface area (Å²) in [5, 5.41) is 12.2. The largest absolute Gasteiger partial charge is 0.494 e. The molecule has 24 heavy (non-hydrogen) atoms. The Balaban J connectivity index is 1.87. The molecule has 1 aromatic carbocycles. The Hall–Kier alpha value is -2.08. The number of aliphatic carboxylic acids is 1. The highest BCUT2D eigenvalue weighted by molar-refractivity contribution is 5.79. The van der Waals surface area contributed by atoms with Gasteiger partial charge < -0.3 is 19.9 Å². The van der Waals surface area contributed by atoms with Crippen molar-refractivity contribution >= 4 is 11.9 Å². The van der Waals surface area contributed by atoms with Gasteiger partial charge in [0.1, 0.15) is 5.75 Å². The Morgan fingerprint density at radius 1 is 1.29 bits per heavy atom. The van der Waals surface area contributed by atoms with Crippen LogP contribution in [0.4, 0.5) is 0 Å². The molecule has 2 rings (SSSR count). The molecule has 0 spiro atoms. The van der Waals surface area contributed by atoms with E-state index in [9.17, 15) is 14.7 Å². The molecule has 1 unspecified atom stereocenters. The standard InChI is InChI=1S/C18H25NO5/c1-2-24-16-5-3-13(4-6-16)11-15(18(21)22)12-19-17(20)14-7-9-23-10-8-14/h3-6,14-15H,2,7-12H2,1H3,(H,19,20)(H,21,22). The van der Waals surface area contributed by atoms with Gasteiger partial charge in [-0.05, 0) is 43.9 Å². The van der Waals surface area contributed by atoms with Crippen molar-refractivity contribution in [2.24, 2.45) is 11.8 Å². The number of carbonyl (C=O) groups excluding carboxylic acids is 1. The van der Waals surface area contributed by atoms with Crippen molar-refractivity contribution in [3.8, 4) is 5.75 Å². The van der Waals surface area contributed by atoms with E-state index in [2.05, 4.69) is 5.32 Å². The smallest absolute Gasteiger partial charge is 0.308 e. The fourth-order valence-electron chi connectivity index (χ4n) is 2.75. The molecular formula is C18H25NO5. The number of carboxylic acid groups (broad SMARTS) is 1. The Labute approximate surface area is 142 Å². The van der Waals surface area contributed by atoms with Gasteiger partial charge in [-0.15, -0.1) is 0 Å². The predicted molar refractivity (Wildman–Crippen MR) is 89.0 cm³/mol. The van der Waals surface area contributed by atoms with Crippen LogP contribution in [0.1, 0.15) is 25.3 Å². The topological polar surface area (TPSA) is 84.9 Å². The van der Waals surface area contributed by atoms with Crippen LogP contribution in [0, 0.1) is 11.8 Å². The van der Waals surface area contributed by atoms with Gasteiger partial charge in [0.2, 0.25) is 5.91 Å². The molecule has 0 radical (unpaired) electrons. The third-order valence-electron chi connectivity index (χ3n) is 4.18. The molecule has 2 N–H and O–H groups in total. The zero-order valence-electron chi connectivity index (χ0n) is 14.0. The van der Waals surface area contributed by atoms with Crippen LogP contribution in [0.15, 0.2) is 24.3 Å². The fraction of sp³-hybridized carbons (Fsp3) is 0.556. The Bertz CT molecular complexity index is 537. The molecule has 1 atom stereocenters. The van der Waals surface area contributed by atoms with Gasteiger partial charge in [0.05, 0.1) is 12.5 Å². The first-order valence-electron chi connectivity index (χ1n) is 8.40. The van der Waals surface area contributed by atoms with Crippen molar-refractivity contribution < 1.29 is 24.2 Å². The van der Waals surface area contributed by atoms with E-state index >= 15 is 0 Å². The zero-order valence-corrected chi connectivity index (χ0v) is 14.0. The van der Waals surface area contributed by atoms with Crippen LogP contribution in [-0.4, -0.2) is 43.3 Å². The minimum atomic E-state index is -0.906. The summed E-state index contributed by atoms with van der Waals surface area (Å²) < 4.78 is 10.6. The van der Waals surface area contributed by atoms with Crippen molar-refractivity contribution in [3.63, 3.8) is 0 Å². The molecule has 6 heteroatoms. The van der Waals surface area contributed by atoms with Crippen molar-refractivity contribution in [2.45, 2.75) is 26.2 Å². The minimum absolute atomic E-state index is 0.0707. The highest BCUT2D eigenvalue weighted by Gasteiger charge is 2.24. The predicted octanol–water partition coefficient (Wildman–Crippen LogP) is 1.87. The van der Waals surface area contributed by atoms with Crippen LogP contribution in [0.25, 0.3) is 0 Å². The van der Waals surface area contributed by atoms with Gasteiger partial charge in [-0.1, -0.05) is 12.1 Å². The number of benzene rings is 1. The molecule has 0 aliphatic carbocycles. The quantitative estimate of drug-likeness (QED) is 0.757. The number of carboxylic acids is 1. The van der Waals surface area contributed by atoms with E-state index in [1.807, 2.05) is 31.2 Å². The normalized spacial score (nSPS) is 16.4. The third-order valence-corrected chi connectivity index (χ3v) is 4.18. The summed E-state index contributed by atoms with van der Waals surface area (Å²) in [6, 6.07) is 7.39. The van der Waals surface area contributed by atoms with Crippen LogP contribution in [0.2, 0.25) is 0 Å². The maximum atomic E-state index is 12.1. The number of rotatable bonds is 8. The lowest BCUT2D eigenvalue weighted by atomic mass is 9.97. The number of carbonyl (C=O) groups is 2. The van der Waals surface area contributed by atoms with Gasteiger partial charge in [0.25, 0.3) is 0 Å². The second-order valence-corrected chi connectivity index (χ2v) is 5.95. The van der Waals surface area contributed by atoms with Gasteiger partial charge in [-0.25, -0.2) is 0 Å². The lowest BCUT2D eigenvalue weighted by Crippen LogP contribution is -2.39. The molecular weight excluding hydrogens is 310 g/mol. The summed E-state index contributed by atoms with van der Waals surface area (Å²) in [5.41, 5.74) is 0.908. The summed E-state index contributed by atoms with van der Waals surface area (Å²) in [6.07, 6.45) is 1.76. The van der Waals surface area contributed by atoms with Crippen molar-refractivity contribution in [2.75, 3.05) is 26.4 Å². The van der Waals surface area contributed by atoms with Crippen LogP contribution in [-0.2, 0) is 20.7 Å². The fourth-order valence-corrected chi connectivity index (χ4v) is 2.75. The third kappa shape index (κ3) is 5.53. The highest BCUT2D eigenvalue weighted by Crippen LogP contribution is 2.17. The van der Waals surface area contributed by atoms with Crippen molar-refractivity contribution in [3.05, 3.63) is 29.8 Å². The van der Waals surface area contributed by atoms with E-state index in [0.717, 1.165) is 11.3 Å². The second-order valence-electron chi connectivity index (χ2n) is 5.95. The average molecular weight is 335 g/mol. The van der Waals surface area contributed by atoms with E-state index in [0.29, 0.717) is 39.1 Å². The molecule has 132 valence electrons. The SMILES string of the molecule is CCOc1ccc(CC(CNC(=O)C2CCOCC2)C(=O)O)cc1. The van der Waals surface area contributed by atoms with Gasteiger partial charge in [-0.3, -0.25) is 9.59 Å². The van der Waals surface area contributed by atoms with E-state index in [-0.39, 0.29) is 18.4 Å². The molecule has 1 aromatic rings. The van der Waals surface area contributed by atoms with Gasteiger partial charge in [0, 0.05) is 25.7 Å². The van der Waals surface area contributed by atoms with Crippen molar-refractivity contribution in [1.29, 1.82) is 0 Å². The monoisotopic (exact) mass is 335 g/mol. The minimum Gasteiger partial charge on any atom is -0.494 e. The Morgan fingerprint density at radius 3 is 2.54 bits per heavy atom. The molecule has 0 bridgehead atoms. The molecule has 6 nitrogen and oxygen atoms in total. The summed E-state index contributed by atoms with van der Waals surface area (Å²) in [5.74, 6) is -0.932. The molecule has 0 saturated carbocycles. The first kappa shape index (κ1) is 18.3. The molecule has 1 amide bonds. The van der Waals surface area contributed by atoms with Crippen LogP contribution < -0.4 is 10.1 Å². The van der Waals surface area contributed by atoms with E-state index < -0.39 is 11.9 Å². The van der Waals surface area contributed by atoms with Crippen LogP contribution in [0.3, 0.4) is 0 Å². The maximum absolute atomic E-state index is 12.1. The Kier molecular flexibility index (Phi) is 7.06. The molecule has 0 aromatic heterocycles. The highest BCUT2D eigenvalue weighted by atomic mass is 16.5. The first-order chi connectivity index (χ1) is 11.6. The molecule has 1 aliphatic heterocycles. The lowest BCUT2D eigenvalue weighted by Gasteiger charge is -2.22. The van der Waals surface area contributed by atoms with Gasteiger partial charge >= 0.3 is 5.97 Å². The van der Waals surface area contributed by atoms with Crippen molar-refractivity contribution in [1.82, 2.24) is 5.32 Å². The summed E-state index contributed by atoms with van der Waals surface area (Å²) >= 11 is 0. The van der Waals surface area contributed by atoms with Crippen LogP contribution in [0.5, 0.6) is 5.75 Å². The molecule has 1 heterocycles. The number of ether oxygens (including phenoxy) is 2. The van der Waals surface area contributed by atoms with E-state index in [4.69, 9.17) is 9.47 Å². The number of hydrogen-bond acceptors (Lipinski definition) is 4. The number of nitrogens with one attached hydrogen (secondary N) is 1. The zero-order chi connectivity index (χ0) is 17.4. The van der Waals surface area contributed by atoms with E-state index in [1.54, 1.807) is 0 Å². The lowest BCUT2D eigenvalue weighted by molar-refractivity contribution is -0.141. The molecule has 1 saturated heterocycles. The van der Waals surface area contributed by atoms with Gasteiger partial charge in [-0.2, -0.15) is 0 Å². The second kappa shape index (κ2) is 9.27. The number of amides is 1. The summed E-state index contributed by atoms with van der Waals surface area (Å²) in [6.45, 7) is 3.82. The van der Waals surface area contributed by atoms with Crippen LogP contribution >= 0.6 is 0 Å². The molecule has 1 fully saturated rings. The number of hydrogen-bond donors (Lipinski definition) is 2. The maximum Gasteiger partial charge on any atom is 0.308 e. The summed E-state index contributed by atoms with van der Waals surface area (Å²) in [4.78, 5) is 23.6. The van der Waals surface area contributed by atoms with Gasteiger partial charge in [0.15, 0.2) is 0 Å². The Morgan fingerprint density at radius 2 is 1.96 bits per heavy atom. The summed E-state index contributed by atoms with van der Waals surface area (Å²) in [7, 11) is 0. The first-order valence-corrected chi connectivity index (χ1v) is 8.40. The average Bonchev–Trinajstić information content (AvgIpc) is 2.60.